The third-order valence-electron chi connectivity index (χ3n) is 5.50. The van der Waals surface area contributed by atoms with Gasteiger partial charge in [0.1, 0.15) is 11.9 Å². The van der Waals surface area contributed by atoms with Crippen molar-refractivity contribution < 1.29 is 40.7 Å². The molecule has 0 spiro atoms. The van der Waals surface area contributed by atoms with Crippen LogP contribution >= 0.6 is 0 Å². The van der Waals surface area contributed by atoms with Gasteiger partial charge in [0.2, 0.25) is 10.0 Å². The molecule has 2 N–H and O–H groups in total. The number of sulfonamides is 1. The largest absolute Gasteiger partial charge is 0.490 e. The standard InChI is InChI=1S/C18H23F3N2O6S/c19-18(20,21)13-1-3-14(4-2-13)28-15-5-9-23(10-6-15)30(25,26)17(16(24)29-22)7-11-27-12-8-17/h1-4,15H,5-12,22H2. The van der Waals surface area contributed by atoms with Crippen LogP contribution in [-0.4, -0.2) is 55.8 Å². The number of hydrogen-bond donors (Lipinski definition) is 1. The van der Waals surface area contributed by atoms with Gasteiger partial charge in [-0.25, -0.2) is 17.5 Å². The van der Waals surface area contributed by atoms with Crippen molar-refractivity contribution in [3.63, 3.8) is 0 Å². The number of carbonyl (C=O) groups is 1. The topological polar surface area (TPSA) is 108 Å². The fourth-order valence-corrected chi connectivity index (χ4v) is 5.86. The predicted molar refractivity (Wildman–Crippen MR) is 98.7 cm³/mol. The molecule has 0 radical (unpaired) electrons. The van der Waals surface area contributed by atoms with E-state index in [2.05, 4.69) is 4.84 Å². The number of nitrogens with zero attached hydrogens (tertiary/aromatic N) is 1. The minimum Gasteiger partial charge on any atom is -0.490 e. The number of carbonyl (C=O) groups excluding carboxylic acids is 1. The summed E-state index contributed by atoms with van der Waals surface area (Å²) in [5.74, 6) is 4.27. The zero-order valence-electron chi connectivity index (χ0n) is 16.1. The highest BCUT2D eigenvalue weighted by molar-refractivity contribution is 7.91. The van der Waals surface area contributed by atoms with Crippen molar-refractivity contribution in [2.75, 3.05) is 26.3 Å². The summed E-state index contributed by atoms with van der Waals surface area (Å²) in [5, 5.41) is 0. The molecule has 1 aromatic rings. The molecule has 0 atom stereocenters. The van der Waals surface area contributed by atoms with E-state index in [0.717, 1.165) is 12.1 Å². The molecule has 2 saturated heterocycles. The lowest BCUT2D eigenvalue weighted by atomic mass is 9.99. The molecular formula is C18H23F3N2O6S. The Balaban J connectivity index is 1.65. The quantitative estimate of drug-likeness (QED) is 0.679. The second-order valence-corrected chi connectivity index (χ2v) is 9.50. The van der Waals surface area contributed by atoms with E-state index in [1.54, 1.807) is 0 Å². The Kier molecular flexibility index (Phi) is 6.60. The smallest absolute Gasteiger partial charge is 0.416 e. The maximum atomic E-state index is 13.2. The van der Waals surface area contributed by atoms with Crippen LogP contribution < -0.4 is 10.6 Å². The number of ether oxygens (including phenoxy) is 2. The number of hydrogen-bond acceptors (Lipinski definition) is 7. The van der Waals surface area contributed by atoms with Crippen molar-refractivity contribution in [3.05, 3.63) is 29.8 Å². The molecular weight excluding hydrogens is 429 g/mol. The third kappa shape index (κ3) is 4.41. The van der Waals surface area contributed by atoms with E-state index >= 15 is 0 Å². The summed E-state index contributed by atoms with van der Waals surface area (Å²) in [6.07, 6.45) is -4.24. The molecule has 0 aromatic heterocycles. The van der Waals surface area contributed by atoms with Crippen molar-refractivity contribution in [2.45, 2.75) is 42.7 Å². The van der Waals surface area contributed by atoms with E-state index < -0.39 is 32.5 Å². The highest BCUT2D eigenvalue weighted by Crippen LogP contribution is 2.35. The van der Waals surface area contributed by atoms with Gasteiger partial charge in [-0.1, -0.05) is 0 Å². The van der Waals surface area contributed by atoms with Crippen molar-refractivity contribution in [3.8, 4) is 5.75 Å². The van der Waals surface area contributed by atoms with E-state index in [4.69, 9.17) is 15.4 Å². The van der Waals surface area contributed by atoms with Gasteiger partial charge in [0.25, 0.3) is 0 Å². The fraction of sp³-hybridized carbons (Fsp3) is 0.611. The van der Waals surface area contributed by atoms with Crippen molar-refractivity contribution in [1.82, 2.24) is 4.31 Å². The van der Waals surface area contributed by atoms with Crippen LogP contribution in [0, 0.1) is 0 Å². The normalized spacial score (nSPS) is 21.2. The zero-order valence-corrected chi connectivity index (χ0v) is 16.9. The highest BCUT2D eigenvalue weighted by Gasteiger charge is 2.56. The summed E-state index contributed by atoms with van der Waals surface area (Å²) in [7, 11) is -4.06. The van der Waals surface area contributed by atoms with Gasteiger partial charge >= 0.3 is 12.1 Å². The minimum absolute atomic E-state index is 0.0483. The molecule has 2 aliphatic rings. The number of benzene rings is 1. The predicted octanol–water partition coefficient (Wildman–Crippen LogP) is 1.84. The Morgan fingerprint density at radius 3 is 2.20 bits per heavy atom. The first-order chi connectivity index (χ1) is 14.1. The number of piperidine rings is 1. The number of halogens is 3. The van der Waals surface area contributed by atoms with Crippen LogP contribution in [0.25, 0.3) is 0 Å². The average molecular weight is 452 g/mol. The molecule has 0 bridgehead atoms. The van der Waals surface area contributed by atoms with Crippen molar-refractivity contribution in [2.24, 2.45) is 5.90 Å². The molecule has 2 aliphatic heterocycles. The van der Waals surface area contributed by atoms with Crippen molar-refractivity contribution >= 4 is 16.0 Å². The lowest BCUT2D eigenvalue weighted by Gasteiger charge is -2.40. The lowest BCUT2D eigenvalue weighted by molar-refractivity contribution is -0.150. The van der Waals surface area contributed by atoms with E-state index in [1.165, 1.54) is 16.4 Å². The Morgan fingerprint density at radius 1 is 1.13 bits per heavy atom. The molecule has 2 heterocycles. The molecule has 8 nitrogen and oxygen atoms in total. The number of alkyl halides is 3. The maximum Gasteiger partial charge on any atom is 0.416 e. The van der Waals surface area contributed by atoms with Crippen LogP contribution in [0.4, 0.5) is 13.2 Å². The molecule has 0 unspecified atom stereocenters. The van der Waals surface area contributed by atoms with Gasteiger partial charge in [-0.15, -0.1) is 0 Å². The monoisotopic (exact) mass is 452 g/mol. The number of nitrogens with two attached hydrogens (primary N) is 1. The second kappa shape index (κ2) is 8.69. The van der Waals surface area contributed by atoms with E-state index in [9.17, 15) is 26.4 Å². The summed E-state index contributed by atoms with van der Waals surface area (Å²) < 4.78 is 74.7. The first-order valence-corrected chi connectivity index (χ1v) is 10.9. The summed E-state index contributed by atoms with van der Waals surface area (Å²) in [6.45, 7) is 0.409. The van der Waals surface area contributed by atoms with Gasteiger partial charge < -0.3 is 14.3 Å². The van der Waals surface area contributed by atoms with Crippen LogP contribution in [-0.2, 0) is 30.6 Å². The average Bonchev–Trinajstić information content (AvgIpc) is 2.73. The fourth-order valence-electron chi connectivity index (χ4n) is 3.73. The summed E-state index contributed by atoms with van der Waals surface area (Å²) in [6, 6.07) is 4.34. The molecule has 3 rings (SSSR count). The summed E-state index contributed by atoms with van der Waals surface area (Å²) in [4.78, 5) is 16.6. The SMILES string of the molecule is NOC(=O)C1(S(=O)(=O)N2CCC(Oc3ccc(C(F)(F)F)cc3)CC2)CCOCC1. The van der Waals surface area contributed by atoms with Gasteiger partial charge in [-0.05, 0) is 37.1 Å². The second-order valence-electron chi connectivity index (χ2n) is 7.26. The van der Waals surface area contributed by atoms with E-state index in [1.807, 2.05) is 0 Å². The Bertz CT molecular complexity index is 846. The van der Waals surface area contributed by atoms with Gasteiger partial charge in [0.05, 0.1) is 5.56 Å². The first-order valence-electron chi connectivity index (χ1n) is 9.43. The lowest BCUT2D eigenvalue weighted by Crippen LogP contribution is -2.58. The van der Waals surface area contributed by atoms with Gasteiger partial charge in [0.15, 0.2) is 4.75 Å². The molecule has 168 valence electrons. The summed E-state index contributed by atoms with van der Waals surface area (Å²) in [5.41, 5.74) is -0.774. The molecule has 0 aliphatic carbocycles. The number of rotatable bonds is 5. The van der Waals surface area contributed by atoms with Crippen LogP contribution in [0.15, 0.2) is 24.3 Å². The van der Waals surface area contributed by atoms with E-state index in [-0.39, 0.29) is 51.0 Å². The van der Waals surface area contributed by atoms with Crippen LogP contribution in [0.1, 0.15) is 31.2 Å². The summed E-state index contributed by atoms with van der Waals surface area (Å²) >= 11 is 0. The molecule has 0 saturated carbocycles. The van der Waals surface area contributed by atoms with Gasteiger partial charge in [-0.3, -0.25) is 0 Å². The molecule has 0 amide bonds. The molecule has 2 fully saturated rings. The Hall–Kier alpha value is -1.89. The molecule has 12 heteroatoms. The van der Waals surface area contributed by atoms with Crippen LogP contribution in [0.5, 0.6) is 5.75 Å². The van der Waals surface area contributed by atoms with Crippen LogP contribution in [0.3, 0.4) is 0 Å². The zero-order chi connectivity index (χ0) is 22.0. The van der Waals surface area contributed by atoms with Gasteiger partial charge in [0, 0.05) is 39.1 Å². The molecule has 30 heavy (non-hydrogen) atoms. The van der Waals surface area contributed by atoms with Gasteiger partial charge in [-0.2, -0.15) is 19.1 Å². The minimum atomic E-state index is -4.43. The van der Waals surface area contributed by atoms with Crippen molar-refractivity contribution in [1.29, 1.82) is 0 Å². The highest BCUT2D eigenvalue weighted by atomic mass is 32.2. The maximum absolute atomic E-state index is 13.2. The van der Waals surface area contributed by atoms with E-state index in [0.29, 0.717) is 12.8 Å². The Labute approximate surface area is 172 Å². The van der Waals surface area contributed by atoms with Crippen LogP contribution in [0.2, 0.25) is 0 Å². The Morgan fingerprint density at radius 2 is 1.70 bits per heavy atom. The molecule has 1 aromatic carbocycles. The first kappa shape index (κ1) is 22.8. The third-order valence-corrected chi connectivity index (χ3v) is 8.11.